The molecule has 18 heavy (non-hydrogen) atoms. The van der Waals surface area contributed by atoms with E-state index in [2.05, 4.69) is 12.2 Å². The van der Waals surface area contributed by atoms with Crippen molar-refractivity contribution >= 4 is 11.6 Å². The number of rotatable bonds is 5. The van der Waals surface area contributed by atoms with Crippen molar-refractivity contribution in [3.8, 4) is 0 Å². The second-order valence-corrected chi connectivity index (χ2v) is 5.07. The molecule has 1 saturated carbocycles. The van der Waals surface area contributed by atoms with Gasteiger partial charge in [-0.2, -0.15) is 0 Å². The third-order valence-electron chi connectivity index (χ3n) is 3.59. The maximum Gasteiger partial charge on any atom is 0.254 e. The monoisotopic (exact) mass is 246 g/mol. The van der Waals surface area contributed by atoms with Gasteiger partial charge in [0.2, 0.25) is 0 Å². The zero-order chi connectivity index (χ0) is 13.1. The van der Waals surface area contributed by atoms with Gasteiger partial charge in [-0.15, -0.1) is 0 Å². The molecule has 0 spiro atoms. The number of hydrogen-bond acceptors (Lipinski definition) is 2. The van der Waals surface area contributed by atoms with Crippen molar-refractivity contribution in [3.05, 3.63) is 29.3 Å². The molecule has 1 N–H and O–H groups in total. The van der Waals surface area contributed by atoms with E-state index >= 15 is 0 Å². The predicted molar refractivity (Wildman–Crippen MR) is 75.0 cm³/mol. The minimum atomic E-state index is 0.171. The van der Waals surface area contributed by atoms with Gasteiger partial charge in [-0.25, -0.2) is 0 Å². The zero-order valence-corrected chi connectivity index (χ0v) is 11.5. The third kappa shape index (κ3) is 2.84. The first kappa shape index (κ1) is 12.9. The molecule has 0 saturated heterocycles. The molecule has 1 fully saturated rings. The van der Waals surface area contributed by atoms with E-state index in [0.29, 0.717) is 0 Å². The third-order valence-corrected chi connectivity index (χ3v) is 3.59. The summed E-state index contributed by atoms with van der Waals surface area (Å²) in [6.45, 7) is 5.77. The normalized spacial score (nSPS) is 14.4. The number of carbonyl (C=O) groups is 1. The van der Waals surface area contributed by atoms with Gasteiger partial charge in [0, 0.05) is 31.4 Å². The topological polar surface area (TPSA) is 32.3 Å². The number of anilines is 1. The van der Waals surface area contributed by atoms with Gasteiger partial charge in [-0.1, -0.05) is 0 Å². The molecule has 0 radical (unpaired) electrons. The van der Waals surface area contributed by atoms with Crippen LogP contribution in [0, 0.1) is 12.8 Å². The molecule has 1 amide bonds. The molecule has 1 aliphatic rings. The Hall–Kier alpha value is -1.51. The highest BCUT2D eigenvalue weighted by atomic mass is 16.2. The van der Waals surface area contributed by atoms with Crippen molar-refractivity contribution in [2.24, 2.45) is 5.92 Å². The summed E-state index contributed by atoms with van der Waals surface area (Å²) in [7, 11) is 1.89. The largest absolute Gasteiger partial charge is 0.388 e. The number of nitrogens with one attached hydrogen (secondary N) is 1. The lowest BCUT2D eigenvalue weighted by Gasteiger charge is -2.22. The Morgan fingerprint density at radius 1 is 1.44 bits per heavy atom. The Labute approximate surface area is 109 Å². The molecule has 0 heterocycles. The molecule has 0 aromatic heterocycles. The Bertz CT molecular complexity index is 438. The van der Waals surface area contributed by atoms with Crippen LogP contribution in [0.4, 0.5) is 5.69 Å². The first-order chi connectivity index (χ1) is 8.65. The molecular weight excluding hydrogens is 224 g/mol. The molecule has 1 aromatic carbocycles. The van der Waals surface area contributed by atoms with E-state index in [-0.39, 0.29) is 5.91 Å². The van der Waals surface area contributed by atoms with E-state index in [4.69, 9.17) is 0 Å². The fourth-order valence-corrected chi connectivity index (χ4v) is 2.20. The Morgan fingerprint density at radius 2 is 2.17 bits per heavy atom. The van der Waals surface area contributed by atoms with Crippen molar-refractivity contribution in [2.75, 3.05) is 25.5 Å². The van der Waals surface area contributed by atoms with Crippen LogP contribution in [0.5, 0.6) is 0 Å². The molecule has 0 unspecified atom stereocenters. The number of aryl methyl sites for hydroxylation is 1. The minimum absolute atomic E-state index is 0.171. The van der Waals surface area contributed by atoms with E-state index in [9.17, 15) is 4.79 Å². The summed E-state index contributed by atoms with van der Waals surface area (Å²) in [5.74, 6) is 0.912. The standard InChI is InChI=1S/C15H22N2O/c1-4-17(10-12-5-6-12)15(18)14-8-7-13(16-3)9-11(14)2/h7-9,12,16H,4-6,10H2,1-3H3. The summed E-state index contributed by atoms with van der Waals surface area (Å²) in [5, 5.41) is 3.09. The van der Waals surface area contributed by atoms with Crippen molar-refractivity contribution in [2.45, 2.75) is 26.7 Å². The summed E-state index contributed by atoms with van der Waals surface area (Å²) in [6.07, 6.45) is 2.56. The molecule has 3 heteroatoms. The van der Waals surface area contributed by atoms with E-state index in [0.717, 1.165) is 35.8 Å². The highest BCUT2D eigenvalue weighted by Gasteiger charge is 2.26. The van der Waals surface area contributed by atoms with Gasteiger partial charge in [-0.3, -0.25) is 4.79 Å². The molecule has 1 aromatic rings. The second-order valence-electron chi connectivity index (χ2n) is 5.07. The molecule has 0 bridgehead atoms. The summed E-state index contributed by atoms with van der Waals surface area (Å²) in [4.78, 5) is 14.4. The quantitative estimate of drug-likeness (QED) is 0.866. The maximum absolute atomic E-state index is 12.5. The van der Waals surface area contributed by atoms with E-state index in [1.807, 2.05) is 37.1 Å². The van der Waals surface area contributed by atoms with Gasteiger partial charge in [0.15, 0.2) is 0 Å². The van der Waals surface area contributed by atoms with Crippen LogP contribution in [0.25, 0.3) is 0 Å². The number of carbonyl (C=O) groups excluding carboxylic acids is 1. The highest BCUT2D eigenvalue weighted by Crippen LogP contribution is 2.30. The fraction of sp³-hybridized carbons (Fsp3) is 0.533. The number of hydrogen-bond donors (Lipinski definition) is 1. The van der Waals surface area contributed by atoms with Crippen molar-refractivity contribution in [1.29, 1.82) is 0 Å². The summed E-state index contributed by atoms with van der Waals surface area (Å²) in [6, 6.07) is 5.92. The van der Waals surface area contributed by atoms with Gasteiger partial charge >= 0.3 is 0 Å². The van der Waals surface area contributed by atoms with E-state index < -0.39 is 0 Å². The maximum atomic E-state index is 12.5. The van der Waals surface area contributed by atoms with Gasteiger partial charge in [0.25, 0.3) is 5.91 Å². The molecule has 0 atom stereocenters. The smallest absolute Gasteiger partial charge is 0.254 e. The van der Waals surface area contributed by atoms with Gasteiger partial charge < -0.3 is 10.2 Å². The minimum Gasteiger partial charge on any atom is -0.388 e. The lowest BCUT2D eigenvalue weighted by atomic mass is 10.1. The zero-order valence-electron chi connectivity index (χ0n) is 11.5. The number of amides is 1. The van der Waals surface area contributed by atoms with E-state index in [1.54, 1.807) is 0 Å². The molecule has 98 valence electrons. The number of benzene rings is 1. The first-order valence-electron chi connectivity index (χ1n) is 6.73. The van der Waals surface area contributed by atoms with Crippen molar-refractivity contribution in [3.63, 3.8) is 0 Å². The Morgan fingerprint density at radius 3 is 2.67 bits per heavy atom. The average molecular weight is 246 g/mol. The first-order valence-corrected chi connectivity index (χ1v) is 6.73. The van der Waals surface area contributed by atoms with Crippen LogP contribution in [-0.2, 0) is 0 Å². The van der Waals surface area contributed by atoms with Crippen LogP contribution in [0.1, 0.15) is 35.7 Å². The van der Waals surface area contributed by atoms with Gasteiger partial charge in [0.1, 0.15) is 0 Å². The van der Waals surface area contributed by atoms with Crippen LogP contribution in [0.2, 0.25) is 0 Å². The van der Waals surface area contributed by atoms with Crippen LogP contribution in [0.15, 0.2) is 18.2 Å². The van der Waals surface area contributed by atoms with Gasteiger partial charge in [-0.05, 0) is 56.4 Å². The molecule has 0 aliphatic heterocycles. The van der Waals surface area contributed by atoms with Crippen molar-refractivity contribution < 1.29 is 4.79 Å². The molecule has 2 rings (SSSR count). The Kier molecular flexibility index (Phi) is 3.90. The summed E-state index contributed by atoms with van der Waals surface area (Å²) >= 11 is 0. The van der Waals surface area contributed by atoms with Crippen LogP contribution >= 0.6 is 0 Å². The summed E-state index contributed by atoms with van der Waals surface area (Å²) < 4.78 is 0. The molecular formula is C15H22N2O. The fourth-order valence-electron chi connectivity index (χ4n) is 2.20. The predicted octanol–water partition coefficient (Wildman–Crippen LogP) is 2.91. The van der Waals surface area contributed by atoms with Crippen molar-refractivity contribution in [1.82, 2.24) is 4.90 Å². The lowest BCUT2D eigenvalue weighted by molar-refractivity contribution is 0.0756. The molecule has 3 nitrogen and oxygen atoms in total. The van der Waals surface area contributed by atoms with Crippen LogP contribution in [0.3, 0.4) is 0 Å². The van der Waals surface area contributed by atoms with E-state index in [1.165, 1.54) is 12.8 Å². The second kappa shape index (κ2) is 5.42. The van der Waals surface area contributed by atoms with Crippen LogP contribution < -0.4 is 5.32 Å². The summed E-state index contributed by atoms with van der Waals surface area (Å²) in [5.41, 5.74) is 2.92. The van der Waals surface area contributed by atoms with Crippen LogP contribution in [-0.4, -0.2) is 30.9 Å². The number of nitrogens with zero attached hydrogens (tertiary/aromatic N) is 1. The SMILES string of the molecule is CCN(CC1CC1)C(=O)c1ccc(NC)cc1C. The lowest BCUT2D eigenvalue weighted by Crippen LogP contribution is -2.33. The highest BCUT2D eigenvalue weighted by molar-refractivity contribution is 5.96. The molecule has 1 aliphatic carbocycles. The Balaban J connectivity index is 2.15. The average Bonchev–Trinajstić information content (AvgIpc) is 3.19. The van der Waals surface area contributed by atoms with Gasteiger partial charge in [0.05, 0.1) is 0 Å².